The minimum Gasteiger partial charge on any atom is -0.459 e. The van der Waals surface area contributed by atoms with Crippen molar-refractivity contribution in [1.82, 2.24) is 5.32 Å². The molecule has 1 unspecified atom stereocenters. The highest BCUT2D eigenvalue weighted by atomic mass is 19.1. The van der Waals surface area contributed by atoms with Gasteiger partial charge in [-0.2, -0.15) is 0 Å². The predicted molar refractivity (Wildman–Crippen MR) is 78.1 cm³/mol. The maximum atomic E-state index is 14.0. The van der Waals surface area contributed by atoms with Crippen molar-refractivity contribution in [3.05, 3.63) is 71.5 Å². The van der Waals surface area contributed by atoms with Crippen molar-refractivity contribution in [2.45, 2.75) is 13.0 Å². The molecule has 1 heterocycles. The minimum atomic E-state index is -0.587. The first-order valence-corrected chi connectivity index (χ1v) is 6.86. The van der Waals surface area contributed by atoms with Crippen molar-refractivity contribution in [2.24, 2.45) is 0 Å². The number of nitrogens with one attached hydrogen (secondary N) is 1. The Morgan fingerprint density at radius 3 is 2.62 bits per heavy atom. The highest BCUT2D eigenvalue weighted by molar-refractivity contribution is 5.78. The third kappa shape index (κ3) is 2.67. The highest BCUT2D eigenvalue weighted by Crippen LogP contribution is 2.29. The van der Waals surface area contributed by atoms with E-state index in [2.05, 4.69) is 5.32 Å². The van der Waals surface area contributed by atoms with Gasteiger partial charge in [-0.15, -0.1) is 0 Å². The van der Waals surface area contributed by atoms with E-state index < -0.39 is 17.7 Å². The standard InChI is InChI=1S/C17H15F2NO/c1-2-20-17(13-8-7-12(18)10-14(13)19)16-9-11-5-3-4-6-15(11)21-16/h3-10,17,20H,2H2,1H3. The first-order chi connectivity index (χ1) is 10.2. The Morgan fingerprint density at radius 1 is 1.10 bits per heavy atom. The number of hydrogen-bond donors (Lipinski definition) is 1. The van der Waals surface area contributed by atoms with Gasteiger partial charge in [-0.3, -0.25) is 0 Å². The Bertz CT molecular complexity index is 733. The summed E-state index contributed by atoms with van der Waals surface area (Å²) in [6, 6.07) is 12.6. The molecule has 2 nitrogen and oxygen atoms in total. The predicted octanol–water partition coefficient (Wildman–Crippen LogP) is 4.41. The average molecular weight is 287 g/mol. The molecule has 0 spiro atoms. The van der Waals surface area contributed by atoms with Crippen LogP contribution in [0.15, 0.2) is 52.9 Å². The van der Waals surface area contributed by atoms with Gasteiger partial charge in [0.15, 0.2) is 0 Å². The molecule has 21 heavy (non-hydrogen) atoms. The molecule has 1 N–H and O–H groups in total. The van der Waals surface area contributed by atoms with Crippen molar-refractivity contribution in [3.63, 3.8) is 0 Å². The molecule has 0 bridgehead atoms. The summed E-state index contributed by atoms with van der Waals surface area (Å²) >= 11 is 0. The molecule has 0 aliphatic heterocycles. The Labute approximate surface area is 121 Å². The van der Waals surface area contributed by atoms with E-state index in [1.165, 1.54) is 12.1 Å². The number of fused-ring (bicyclic) bond motifs is 1. The molecule has 4 heteroatoms. The summed E-state index contributed by atoms with van der Waals surface area (Å²) in [5.41, 5.74) is 1.12. The van der Waals surface area contributed by atoms with Crippen LogP contribution in [-0.4, -0.2) is 6.54 Å². The fourth-order valence-electron chi connectivity index (χ4n) is 2.45. The number of para-hydroxylation sites is 1. The van der Waals surface area contributed by atoms with E-state index in [1.54, 1.807) is 0 Å². The molecule has 3 rings (SSSR count). The third-order valence-corrected chi connectivity index (χ3v) is 3.41. The van der Waals surface area contributed by atoms with Crippen LogP contribution in [0.2, 0.25) is 0 Å². The first kappa shape index (κ1) is 13.8. The molecule has 0 saturated heterocycles. The second kappa shape index (κ2) is 5.66. The van der Waals surface area contributed by atoms with E-state index in [0.717, 1.165) is 17.0 Å². The van der Waals surface area contributed by atoms with Gasteiger partial charge in [-0.25, -0.2) is 8.78 Å². The maximum absolute atomic E-state index is 14.0. The summed E-state index contributed by atoms with van der Waals surface area (Å²) in [7, 11) is 0. The second-order valence-electron chi connectivity index (χ2n) is 4.84. The van der Waals surface area contributed by atoms with Gasteiger partial charge in [0, 0.05) is 17.0 Å². The van der Waals surface area contributed by atoms with Crippen molar-refractivity contribution < 1.29 is 13.2 Å². The van der Waals surface area contributed by atoms with Crippen LogP contribution in [0, 0.1) is 11.6 Å². The van der Waals surface area contributed by atoms with Crippen molar-refractivity contribution in [3.8, 4) is 0 Å². The lowest BCUT2D eigenvalue weighted by molar-refractivity contribution is 0.460. The Balaban J connectivity index is 2.08. The van der Waals surface area contributed by atoms with Crippen LogP contribution >= 0.6 is 0 Å². The van der Waals surface area contributed by atoms with E-state index >= 15 is 0 Å². The molecular formula is C17H15F2NO. The zero-order valence-electron chi connectivity index (χ0n) is 11.6. The van der Waals surface area contributed by atoms with Gasteiger partial charge in [0.05, 0.1) is 6.04 Å². The van der Waals surface area contributed by atoms with Crippen LogP contribution < -0.4 is 5.32 Å². The Hall–Kier alpha value is -2.20. The number of rotatable bonds is 4. The monoisotopic (exact) mass is 287 g/mol. The van der Waals surface area contributed by atoms with Gasteiger partial charge < -0.3 is 9.73 Å². The molecule has 0 aliphatic rings. The lowest BCUT2D eigenvalue weighted by Crippen LogP contribution is -2.22. The van der Waals surface area contributed by atoms with E-state index in [1.807, 2.05) is 37.3 Å². The lowest BCUT2D eigenvalue weighted by Gasteiger charge is -2.16. The third-order valence-electron chi connectivity index (χ3n) is 3.41. The fourth-order valence-corrected chi connectivity index (χ4v) is 2.45. The molecule has 1 atom stereocenters. The zero-order chi connectivity index (χ0) is 14.8. The summed E-state index contributed by atoms with van der Waals surface area (Å²) in [5, 5.41) is 4.14. The fraction of sp³-hybridized carbons (Fsp3) is 0.176. The molecule has 0 saturated carbocycles. The summed E-state index contributed by atoms with van der Waals surface area (Å²) < 4.78 is 32.9. The normalized spacial score (nSPS) is 12.7. The SMILES string of the molecule is CCNC(c1cc2ccccc2o1)c1ccc(F)cc1F. The molecule has 0 fully saturated rings. The van der Waals surface area contributed by atoms with Gasteiger partial charge in [0.1, 0.15) is 23.0 Å². The minimum absolute atomic E-state index is 0.373. The Kier molecular flexibility index (Phi) is 3.71. The van der Waals surface area contributed by atoms with Gasteiger partial charge in [-0.05, 0) is 24.7 Å². The first-order valence-electron chi connectivity index (χ1n) is 6.86. The quantitative estimate of drug-likeness (QED) is 0.769. The summed E-state index contributed by atoms with van der Waals surface area (Å²) in [5.74, 6) is -0.555. The van der Waals surface area contributed by atoms with Gasteiger partial charge in [-0.1, -0.05) is 31.2 Å². The van der Waals surface area contributed by atoms with Gasteiger partial charge >= 0.3 is 0 Å². The molecule has 0 aliphatic carbocycles. The number of furan rings is 1. The molecule has 108 valence electrons. The van der Waals surface area contributed by atoms with Crippen molar-refractivity contribution in [1.29, 1.82) is 0 Å². The van der Waals surface area contributed by atoms with Crippen LogP contribution in [0.25, 0.3) is 11.0 Å². The van der Waals surface area contributed by atoms with Gasteiger partial charge in [0.2, 0.25) is 0 Å². The van der Waals surface area contributed by atoms with Crippen LogP contribution in [-0.2, 0) is 0 Å². The average Bonchev–Trinajstić information content (AvgIpc) is 2.89. The summed E-state index contributed by atoms with van der Waals surface area (Å²) in [6.07, 6.45) is 0. The number of halogens is 2. The molecule has 2 aromatic carbocycles. The molecule has 0 radical (unpaired) electrons. The second-order valence-corrected chi connectivity index (χ2v) is 4.84. The van der Waals surface area contributed by atoms with Crippen molar-refractivity contribution in [2.75, 3.05) is 6.54 Å². The molecular weight excluding hydrogens is 272 g/mol. The van der Waals surface area contributed by atoms with Gasteiger partial charge in [0.25, 0.3) is 0 Å². The van der Waals surface area contributed by atoms with Crippen molar-refractivity contribution >= 4 is 11.0 Å². The largest absolute Gasteiger partial charge is 0.459 e. The van der Waals surface area contributed by atoms with E-state index in [-0.39, 0.29) is 0 Å². The van der Waals surface area contributed by atoms with Crippen LogP contribution in [0.1, 0.15) is 24.3 Å². The maximum Gasteiger partial charge on any atom is 0.134 e. The smallest absolute Gasteiger partial charge is 0.134 e. The topological polar surface area (TPSA) is 25.2 Å². The Morgan fingerprint density at radius 2 is 1.90 bits per heavy atom. The van der Waals surface area contributed by atoms with Crippen LogP contribution in [0.3, 0.4) is 0 Å². The molecule has 0 amide bonds. The molecule has 1 aromatic heterocycles. The van der Waals surface area contributed by atoms with Crippen LogP contribution in [0.5, 0.6) is 0 Å². The number of benzene rings is 2. The number of hydrogen-bond acceptors (Lipinski definition) is 2. The lowest BCUT2D eigenvalue weighted by atomic mass is 10.0. The highest BCUT2D eigenvalue weighted by Gasteiger charge is 2.21. The summed E-state index contributed by atoms with van der Waals surface area (Å²) in [4.78, 5) is 0. The van der Waals surface area contributed by atoms with E-state index in [9.17, 15) is 8.78 Å². The van der Waals surface area contributed by atoms with E-state index in [4.69, 9.17) is 4.42 Å². The molecule has 3 aromatic rings. The summed E-state index contributed by atoms with van der Waals surface area (Å²) in [6.45, 7) is 2.57. The van der Waals surface area contributed by atoms with Crippen LogP contribution in [0.4, 0.5) is 8.78 Å². The zero-order valence-corrected chi connectivity index (χ0v) is 11.6. The van der Waals surface area contributed by atoms with E-state index in [0.29, 0.717) is 17.9 Å².